The zero-order valence-corrected chi connectivity index (χ0v) is 10.7. The quantitative estimate of drug-likeness (QED) is 0.395. The molecule has 4 rings (SSSR count). The molecule has 0 spiro atoms. The summed E-state index contributed by atoms with van der Waals surface area (Å²) in [5.74, 6) is -0.432. The van der Waals surface area contributed by atoms with Crippen molar-refractivity contribution in [2.75, 3.05) is 0 Å². The highest BCUT2D eigenvalue weighted by Crippen LogP contribution is 2.44. The summed E-state index contributed by atoms with van der Waals surface area (Å²) < 4.78 is 30.5. The molecule has 0 aliphatic carbocycles. The van der Waals surface area contributed by atoms with Crippen LogP contribution < -0.4 is 0 Å². The third-order valence-electron chi connectivity index (χ3n) is 3.01. The van der Waals surface area contributed by atoms with Gasteiger partial charge in [-0.3, -0.25) is 0 Å². The van der Waals surface area contributed by atoms with Gasteiger partial charge in [0.1, 0.15) is 11.6 Å². The van der Waals surface area contributed by atoms with Crippen molar-refractivity contribution in [1.29, 1.82) is 0 Å². The standard InChI is InChI=1S/C14H6F2S2/c15-7-1-3-9-11(5-7)17-14-10-4-2-8(16)6-12(10)18-13(9)14/h1-6H. The van der Waals surface area contributed by atoms with E-state index in [0.717, 1.165) is 29.6 Å². The fourth-order valence-corrected chi connectivity index (χ4v) is 4.91. The molecule has 4 aromatic rings. The molecule has 0 amide bonds. The molecule has 0 nitrogen and oxygen atoms in total. The minimum atomic E-state index is -0.216. The highest BCUT2D eigenvalue weighted by molar-refractivity contribution is 7.36. The van der Waals surface area contributed by atoms with E-state index in [1.165, 1.54) is 12.1 Å². The smallest absolute Gasteiger partial charge is 0.124 e. The third kappa shape index (κ3) is 1.33. The van der Waals surface area contributed by atoms with E-state index >= 15 is 0 Å². The Morgan fingerprint density at radius 3 is 1.56 bits per heavy atom. The number of thiophene rings is 2. The molecule has 0 fully saturated rings. The molecule has 18 heavy (non-hydrogen) atoms. The lowest BCUT2D eigenvalue weighted by atomic mass is 10.2. The highest BCUT2D eigenvalue weighted by Gasteiger charge is 2.12. The average Bonchev–Trinajstić information content (AvgIpc) is 2.83. The molecule has 0 unspecified atom stereocenters. The Bertz CT molecular complexity index is 826. The summed E-state index contributed by atoms with van der Waals surface area (Å²) in [6, 6.07) is 9.66. The molecule has 2 aromatic heterocycles. The predicted octanol–water partition coefficient (Wildman–Crippen LogP) is 5.55. The van der Waals surface area contributed by atoms with Gasteiger partial charge in [0.05, 0.1) is 9.40 Å². The lowest BCUT2D eigenvalue weighted by molar-refractivity contribution is 0.629. The van der Waals surface area contributed by atoms with Gasteiger partial charge in [0, 0.05) is 20.2 Å². The first-order chi connectivity index (χ1) is 8.72. The Labute approximate surface area is 109 Å². The summed E-state index contributed by atoms with van der Waals surface area (Å²) in [5, 5.41) is 2.11. The molecule has 0 aliphatic heterocycles. The van der Waals surface area contributed by atoms with Gasteiger partial charge >= 0.3 is 0 Å². The van der Waals surface area contributed by atoms with Gasteiger partial charge < -0.3 is 0 Å². The van der Waals surface area contributed by atoms with Crippen molar-refractivity contribution in [3.8, 4) is 0 Å². The highest BCUT2D eigenvalue weighted by atomic mass is 32.1. The van der Waals surface area contributed by atoms with E-state index < -0.39 is 0 Å². The first-order valence-electron chi connectivity index (χ1n) is 5.42. The fraction of sp³-hybridized carbons (Fsp3) is 0. The van der Waals surface area contributed by atoms with Gasteiger partial charge in [0.2, 0.25) is 0 Å². The lowest BCUT2D eigenvalue weighted by Crippen LogP contribution is -1.69. The molecule has 88 valence electrons. The molecule has 0 atom stereocenters. The van der Waals surface area contributed by atoms with Crippen LogP contribution in [0.2, 0.25) is 0 Å². The lowest BCUT2D eigenvalue weighted by Gasteiger charge is -1.90. The number of fused-ring (bicyclic) bond motifs is 5. The number of hydrogen-bond acceptors (Lipinski definition) is 2. The Balaban J connectivity index is 2.23. The molecular weight excluding hydrogens is 270 g/mol. The van der Waals surface area contributed by atoms with Crippen molar-refractivity contribution in [3.05, 3.63) is 48.0 Å². The normalized spacial score (nSPS) is 11.9. The molecule has 2 heterocycles. The molecule has 0 aliphatic rings. The van der Waals surface area contributed by atoms with Crippen molar-refractivity contribution >= 4 is 52.2 Å². The maximum atomic E-state index is 13.2. The van der Waals surface area contributed by atoms with Crippen LogP contribution in [0.1, 0.15) is 0 Å². The maximum Gasteiger partial charge on any atom is 0.124 e. The van der Waals surface area contributed by atoms with Crippen LogP contribution in [-0.2, 0) is 0 Å². The Morgan fingerprint density at radius 2 is 1.11 bits per heavy atom. The zero-order chi connectivity index (χ0) is 12.3. The fourth-order valence-electron chi connectivity index (χ4n) is 2.20. The Hall–Kier alpha value is -1.52. The van der Waals surface area contributed by atoms with Crippen molar-refractivity contribution in [2.45, 2.75) is 0 Å². The van der Waals surface area contributed by atoms with Gasteiger partial charge in [-0.05, 0) is 36.4 Å². The minimum Gasteiger partial charge on any atom is -0.207 e. The van der Waals surface area contributed by atoms with Gasteiger partial charge in [0.15, 0.2) is 0 Å². The van der Waals surface area contributed by atoms with Crippen molar-refractivity contribution in [3.63, 3.8) is 0 Å². The van der Waals surface area contributed by atoms with Gasteiger partial charge in [0.25, 0.3) is 0 Å². The van der Waals surface area contributed by atoms with Crippen molar-refractivity contribution in [1.82, 2.24) is 0 Å². The van der Waals surface area contributed by atoms with Crippen LogP contribution >= 0.6 is 22.7 Å². The third-order valence-corrected chi connectivity index (χ3v) is 5.51. The van der Waals surface area contributed by atoms with Crippen LogP contribution in [0.5, 0.6) is 0 Å². The number of hydrogen-bond donors (Lipinski definition) is 0. The molecule has 0 radical (unpaired) electrons. The van der Waals surface area contributed by atoms with Gasteiger partial charge in [-0.2, -0.15) is 0 Å². The number of benzene rings is 2. The number of rotatable bonds is 0. The second-order valence-corrected chi connectivity index (χ2v) is 6.25. The summed E-state index contributed by atoms with van der Waals surface area (Å²) in [7, 11) is 0. The van der Waals surface area contributed by atoms with Crippen LogP contribution in [0.4, 0.5) is 8.78 Å². The first kappa shape index (κ1) is 10.4. The zero-order valence-electron chi connectivity index (χ0n) is 9.04. The monoisotopic (exact) mass is 276 g/mol. The minimum absolute atomic E-state index is 0.216. The summed E-state index contributed by atoms with van der Waals surface area (Å²) >= 11 is 3.13. The van der Waals surface area contributed by atoms with Crippen LogP contribution in [-0.4, -0.2) is 0 Å². The molecule has 0 N–H and O–H groups in total. The van der Waals surface area contributed by atoms with Crippen LogP contribution in [0, 0.1) is 11.6 Å². The van der Waals surface area contributed by atoms with Crippen LogP contribution in [0.25, 0.3) is 29.6 Å². The van der Waals surface area contributed by atoms with Crippen molar-refractivity contribution < 1.29 is 8.78 Å². The summed E-state index contributed by atoms with van der Waals surface area (Å²) in [6.45, 7) is 0. The van der Waals surface area contributed by atoms with E-state index in [1.807, 2.05) is 0 Å². The van der Waals surface area contributed by atoms with E-state index in [0.29, 0.717) is 0 Å². The van der Waals surface area contributed by atoms with Gasteiger partial charge in [-0.15, -0.1) is 22.7 Å². The van der Waals surface area contributed by atoms with Crippen LogP contribution in [0.15, 0.2) is 36.4 Å². The maximum absolute atomic E-state index is 13.2. The first-order valence-corrected chi connectivity index (χ1v) is 7.05. The van der Waals surface area contributed by atoms with E-state index in [1.54, 1.807) is 46.9 Å². The average molecular weight is 276 g/mol. The summed E-state index contributed by atoms with van der Waals surface area (Å²) in [5.41, 5.74) is 0. The second kappa shape index (κ2) is 3.49. The molecule has 0 saturated carbocycles. The second-order valence-electron chi connectivity index (χ2n) is 4.14. The Morgan fingerprint density at radius 1 is 0.667 bits per heavy atom. The van der Waals surface area contributed by atoms with E-state index in [-0.39, 0.29) is 11.6 Å². The Kier molecular flexibility index (Phi) is 2.02. The van der Waals surface area contributed by atoms with Crippen LogP contribution in [0.3, 0.4) is 0 Å². The largest absolute Gasteiger partial charge is 0.207 e. The number of halogens is 2. The SMILES string of the molecule is Fc1ccc2c(c1)sc1c3ccc(F)cc3sc21. The molecular formula is C14H6F2S2. The van der Waals surface area contributed by atoms with E-state index in [4.69, 9.17) is 0 Å². The van der Waals surface area contributed by atoms with Gasteiger partial charge in [-0.1, -0.05) is 0 Å². The molecule has 4 heteroatoms. The van der Waals surface area contributed by atoms with E-state index in [2.05, 4.69) is 0 Å². The molecule has 0 bridgehead atoms. The predicted molar refractivity (Wildman–Crippen MR) is 74.6 cm³/mol. The topological polar surface area (TPSA) is 0 Å². The van der Waals surface area contributed by atoms with Gasteiger partial charge in [-0.25, -0.2) is 8.78 Å². The molecule has 2 aromatic carbocycles. The summed E-state index contributed by atoms with van der Waals surface area (Å²) in [4.78, 5) is 0. The van der Waals surface area contributed by atoms with Crippen molar-refractivity contribution in [2.24, 2.45) is 0 Å². The van der Waals surface area contributed by atoms with E-state index in [9.17, 15) is 8.78 Å². The molecule has 0 saturated heterocycles. The summed E-state index contributed by atoms with van der Waals surface area (Å²) in [6.07, 6.45) is 0.